The molecule has 0 atom stereocenters. The number of ether oxygens (including phenoxy) is 1. The molecule has 3 heterocycles. The molecular weight excluding hydrogens is 506 g/mol. The highest BCUT2D eigenvalue weighted by atomic mass is 19.4. The number of rotatable bonds is 6. The van der Waals surface area contributed by atoms with Crippen LogP contribution in [0.2, 0.25) is 0 Å². The Hall–Kier alpha value is -4.19. The van der Waals surface area contributed by atoms with Gasteiger partial charge < -0.3 is 9.84 Å². The summed E-state index contributed by atoms with van der Waals surface area (Å²) in [7, 11) is 0. The number of hydrogen-bond donors (Lipinski definition) is 1. The van der Waals surface area contributed by atoms with Crippen LogP contribution in [0.5, 0.6) is 5.88 Å². The smallest absolute Gasteiger partial charge is 0.433 e. The number of hydrogen-bond acceptors (Lipinski definition) is 7. The molecular formula is C26H23F4N5O3. The average Bonchev–Trinajstić information content (AvgIpc) is 2.85. The van der Waals surface area contributed by atoms with E-state index in [4.69, 9.17) is 4.74 Å². The Labute approximate surface area is 214 Å². The molecule has 0 radical (unpaired) electrons. The third kappa shape index (κ3) is 5.54. The molecule has 4 rings (SSSR count). The SMILES string of the molecule is Cc1c(OCc2cccc(C(F)(F)F)n2)nc(C)n(-c2cccc(-c3nc(C(C)(C)O)ncc3F)c2)c1=O. The highest BCUT2D eigenvalue weighted by molar-refractivity contribution is 5.63. The zero-order valence-corrected chi connectivity index (χ0v) is 20.8. The van der Waals surface area contributed by atoms with Gasteiger partial charge in [0, 0.05) is 5.56 Å². The molecule has 0 spiro atoms. The molecule has 0 aliphatic heterocycles. The van der Waals surface area contributed by atoms with Crippen molar-refractivity contribution in [2.24, 2.45) is 0 Å². The van der Waals surface area contributed by atoms with Crippen molar-refractivity contribution in [1.29, 1.82) is 0 Å². The van der Waals surface area contributed by atoms with Gasteiger partial charge in [0.05, 0.1) is 23.1 Å². The van der Waals surface area contributed by atoms with Crippen LogP contribution in [0.3, 0.4) is 0 Å². The fraction of sp³-hybridized carbons (Fsp3) is 0.269. The van der Waals surface area contributed by atoms with E-state index in [0.717, 1.165) is 12.3 Å². The number of aliphatic hydroxyl groups is 1. The maximum Gasteiger partial charge on any atom is 0.433 e. The van der Waals surface area contributed by atoms with Crippen LogP contribution >= 0.6 is 0 Å². The van der Waals surface area contributed by atoms with Crippen LogP contribution in [0.15, 0.2) is 53.5 Å². The number of benzene rings is 1. The summed E-state index contributed by atoms with van der Waals surface area (Å²) in [5.74, 6) is -0.497. The zero-order chi connectivity index (χ0) is 27.8. The van der Waals surface area contributed by atoms with Gasteiger partial charge in [0.25, 0.3) is 5.56 Å². The molecule has 0 bridgehead atoms. The van der Waals surface area contributed by atoms with Crippen molar-refractivity contribution in [1.82, 2.24) is 24.5 Å². The van der Waals surface area contributed by atoms with E-state index in [-0.39, 0.29) is 41.1 Å². The average molecular weight is 529 g/mol. The molecule has 3 aromatic heterocycles. The first-order valence-corrected chi connectivity index (χ1v) is 11.4. The third-order valence-corrected chi connectivity index (χ3v) is 5.55. The molecule has 8 nitrogen and oxygen atoms in total. The van der Waals surface area contributed by atoms with E-state index in [0.29, 0.717) is 11.3 Å². The number of alkyl halides is 3. The Kier molecular flexibility index (Phi) is 7.02. The third-order valence-electron chi connectivity index (χ3n) is 5.55. The Bertz CT molecular complexity index is 1560. The van der Waals surface area contributed by atoms with Gasteiger partial charge in [-0.1, -0.05) is 18.2 Å². The molecule has 1 aromatic carbocycles. The number of aromatic nitrogens is 5. The van der Waals surface area contributed by atoms with Crippen LogP contribution in [0, 0.1) is 19.7 Å². The molecule has 12 heteroatoms. The van der Waals surface area contributed by atoms with Crippen molar-refractivity contribution in [3.63, 3.8) is 0 Å². The van der Waals surface area contributed by atoms with Gasteiger partial charge in [-0.3, -0.25) is 9.36 Å². The van der Waals surface area contributed by atoms with Crippen LogP contribution in [0.1, 0.15) is 42.4 Å². The Morgan fingerprint density at radius 2 is 1.74 bits per heavy atom. The van der Waals surface area contributed by atoms with Crippen molar-refractivity contribution >= 4 is 0 Å². The second-order valence-electron chi connectivity index (χ2n) is 9.03. The van der Waals surface area contributed by atoms with E-state index >= 15 is 0 Å². The van der Waals surface area contributed by atoms with E-state index in [1.54, 1.807) is 31.2 Å². The predicted molar refractivity (Wildman–Crippen MR) is 129 cm³/mol. The van der Waals surface area contributed by atoms with Crippen LogP contribution < -0.4 is 10.3 Å². The molecule has 0 saturated heterocycles. The topological polar surface area (TPSA) is 103 Å². The van der Waals surface area contributed by atoms with Gasteiger partial charge in [-0.05, 0) is 52.0 Å². The van der Waals surface area contributed by atoms with Gasteiger partial charge in [0.15, 0.2) is 11.6 Å². The maximum atomic E-state index is 14.6. The summed E-state index contributed by atoms with van der Waals surface area (Å²) in [5, 5.41) is 10.2. The first-order valence-electron chi connectivity index (χ1n) is 11.4. The molecule has 0 unspecified atom stereocenters. The van der Waals surface area contributed by atoms with E-state index < -0.39 is 28.8 Å². The van der Waals surface area contributed by atoms with Gasteiger partial charge in [-0.2, -0.15) is 18.2 Å². The van der Waals surface area contributed by atoms with Crippen molar-refractivity contribution in [2.75, 3.05) is 0 Å². The first-order chi connectivity index (χ1) is 17.8. The molecule has 4 aromatic rings. The lowest BCUT2D eigenvalue weighted by molar-refractivity contribution is -0.141. The summed E-state index contributed by atoms with van der Waals surface area (Å²) in [6, 6.07) is 9.83. The lowest BCUT2D eigenvalue weighted by atomic mass is 10.1. The maximum absolute atomic E-state index is 14.6. The molecule has 198 valence electrons. The minimum absolute atomic E-state index is 0.0212. The van der Waals surface area contributed by atoms with Crippen molar-refractivity contribution in [3.05, 3.63) is 93.4 Å². The zero-order valence-electron chi connectivity index (χ0n) is 20.8. The van der Waals surface area contributed by atoms with Gasteiger partial charge in [0.2, 0.25) is 5.88 Å². The number of pyridine rings is 1. The summed E-state index contributed by atoms with van der Waals surface area (Å²) < 4.78 is 60.3. The van der Waals surface area contributed by atoms with Crippen LogP contribution in [0.4, 0.5) is 17.6 Å². The quantitative estimate of drug-likeness (QED) is 0.362. The molecule has 0 saturated carbocycles. The summed E-state index contributed by atoms with van der Waals surface area (Å²) in [5.41, 5.74) is -2.14. The molecule has 1 N–H and O–H groups in total. The van der Waals surface area contributed by atoms with E-state index in [9.17, 15) is 27.5 Å². The number of aryl methyl sites for hydroxylation is 1. The number of halogens is 4. The predicted octanol–water partition coefficient (Wildman–Crippen LogP) is 4.67. The molecule has 0 fully saturated rings. The van der Waals surface area contributed by atoms with E-state index in [1.165, 1.54) is 37.5 Å². The minimum atomic E-state index is -4.60. The Morgan fingerprint density at radius 3 is 2.42 bits per heavy atom. The standard InChI is InChI=1S/C26H23F4N5O3/c1-14-22(38-13-17-8-6-10-20(33-17)26(28,29)30)32-15(2)35(23(14)36)18-9-5-7-16(11-18)21-19(27)12-31-24(34-21)25(3,4)37/h5-12,37H,13H2,1-4H3. The first kappa shape index (κ1) is 26.9. The number of nitrogens with zero attached hydrogens (tertiary/aromatic N) is 5. The van der Waals surface area contributed by atoms with Gasteiger partial charge in [-0.15, -0.1) is 0 Å². The molecule has 38 heavy (non-hydrogen) atoms. The fourth-order valence-corrected chi connectivity index (χ4v) is 3.65. The molecule has 0 aliphatic carbocycles. The summed E-state index contributed by atoms with van der Waals surface area (Å²) in [6.45, 7) is 5.66. The van der Waals surface area contributed by atoms with Gasteiger partial charge in [0.1, 0.15) is 29.4 Å². The molecule has 0 amide bonds. The highest BCUT2D eigenvalue weighted by Gasteiger charge is 2.32. The lowest BCUT2D eigenvalue weighted by Crippen LogP contribution is -2.25. The van der Waals surface area contributed by atoms with Crippen LogP contribution in [-0.4, -0.2) is 29.6 Å². The summed E-state index contributed by atoms with van der Waals surface area (Å²) in [6.07, 6.45) is -3.63. The van der Waals surface area contributed by atoms with Crippen molar-refractivity contribution in [2.45, 2.75) is 46.1 Å². The van der Waals surface area contributed by atoms with Crippen molar-refractivity contribution in [3.8, 4) is 22.8 Å². The van der Waals surface area contributed by atoms with E-state index in [1.807, 2.05) is 0 Å². The lowest BCUT2D eigenvalue weighted by Gasteiger charge is -2.17. The summed E-state index contributed by atoms with van der Waals surface area (Å²) in [4.78, 5) is 29.1. The Morgan fingerprint density at radius 1 is 1.03 bits per heavy atom. The largest absolute Gasteiger partial charge is 0.471 e. The minimum Gasteiger partial charge on any atom is -0.471 e. The van der Waals surface area contributed by atoms with Crippen LogP contribution in [-0.2, 0) is 18.4 Å². The second kappa shape index (κ2) is 9.93. The fourth-order valence-electron chi connectivity index (χ4n) is 3.65. The van der Waals surface area contributed by atoms with Gasteiger partial charge >= 0.3 is 6.18 Å². The highest BCUT2D eigenvalue weighted by Crippen LogP contribution is 2.28. The van der Waals surface area contributed by atoms with Crippen LogP contribution in [0.25, 0.3) is 16.9 Å². The Balaban J connectivity index is 1.67. The molecule has 0 aliphatic rings. The van der Waals surface area contributed by atoms with Gasteiger partial charge in [-0.25, -0.2) is 19.3 Å². The normalized spacial score (nSPS) is 12.0. The monoisotopic (exact) mass is 529 g/mol. The van der Waals surface area contributed by atoms with Crippen molar-refractivity contribution < 1.29 is 27.4 Å². The summed E-state index contributed by atoms with van der Waals surface area (Å²) >= 11 is 0. The van der Waals surface area contributed by atoms with E-state index in [2.05, 4.69) is 19.9 Å². The second-order valence-corrected chi connectivity index (χ2v) is 9.03.